The highest BCUT2D eigenvalue weighted by Gasteiger charge is 2.35. The zero-order valence-corrected chi connectivity index (χ0v) is 20.5. The molecular formula is C23H26BCl2N2O4. The Kier molecular flexibility index (Phi) is 8.61. The quantitative estimate of drug-likeness (QED) is 0.474. The zero-order chi connectivity index (χ0) is 24.1. The number of aromatic nitrogens is 1. The van der Waals surface area contributed by atoms with E-state index in [4.69, 9.17) is 37.3 Å². The van der Waals surface area contributed by atoms with E-state index in [2.05, 4.69) is 4.98 Å². The third kappa shape index (κ3) is 6.40. The number of methoxy groups -OCH3 is 1. The van der Waals surface area contributed by atoms with E-state index < -0.39 is 11.2 Å². The molecule has 1 heterocycles. The van der Waals surface area contributed by atoms with Gasteiger partial charge < -0.3 is 19.2 Å². The minimum atomic E-state index is -1.01. The van der Waals surface area contributed by atoms with Crippen molar-refractivity contribution in [2.75, 3.05) is 7.11 Å². The minimum absolute atomic E-state index is 0.211. The van der Waals surface area contributed by atoms with Crippen LogP contribution in [0.2, 0.25) is 10.0 Å². The Morgan fingerprint density at radius 3 is 2.50 bits per heavy atom. The second-order valence-electron chi connectivity index (χ2n) is 8.17. The second-order valence-corrected chi connectivity index (χ2v) is 8.99. The van der Waals surface area contributed by atoms with Crippen LogP contribution in [0.15, 0.2) is 30.3 Å². The van der Waals surface area contributed by atoms with Crippen molar-refractivity contribution in [2.45, 2.75) is 52.2 Å². The molecule has 32 heavy (non-hydrogen) atoms. The number of halogens is 2. The average molecular weight is 476 g/mol. The van der Waals surface area contributed by atoms with E-state index in [1.54, 1.807) is 51.9 Å². The Hall–Kier alpha value is -2.24. The molecule has 0 aliphatic heterocycles. The largest absolute Gasteiger partial charge is 0.480 e. The number of aryl methyl sites for hydroxylation is 1. The number of rotatable bonds is 9. The number of nitrogens with zero attached hydrogens (tertiary/aromatic N) is 2. The third-order valence-corrected chi connectivity index (χ3v) is 5.71. The molecule has 6 nitrogen and oxygen atoms in total. The molecule has 0 saturated heterocycles. The molecule has 0 fully saturated rings. The molecule has 1 aromatic carbocycles. The SMILES string of the molecule is COc1nc(C)c(CC=C[B]OC(C)(C)C(C)(C)O)c(Oc2cc(Cl)cc(C#N)c2)c1Cl. The number of nitriles is 1. The van der Waals surface area contributed by atoms with Crippen LogP contribution < -0.4 is 9.47 Å². The number of allylic oxidation sites excluding steroid dienone is 1. The maximum atomic E-state index is 10.2. The lowest BCUT2D eigenvalue weighted by atomic mass is 9.86. The van der Waals surface area contributed by atoms with Gasteiger partial charge in [0.15, 0.2) is 5.75 Å². The van der Waals surface area contributed by atoms with E-state index in [0.717, 1.165) is 5.56 Å². The number of hydrogen-bond acceptors (Lipinski definition) is 6. The van der Waals surface area contributed by atoms with Crippen LogP contribution in [0, 0.1) is 18.3 Å². The van der Waals surface area contributed by atoms with Gasteiger partial charge in [-0.3, -0.25) is 0 Å². The van der Waals surface area contributed by atoms with Crippen molar-refractivity contribution in [3.8, 4) is 23.4 Å². The smallest absolute Gasteiger partial charge is 0.322 e. The lowest BCUT2D eigenvalue weighted by molar-refractivity contribution is -0.0894. The molecule has 1 aromatic heterocycles. The van der Waals surface area contributed by atoms with Crippen LogP contribution in [0.4, 0.5) is 0 Å². The summed E-state index contributed by atoms with van der Waals surface area (Å²) in [5, 5.41) is 20.0. The van der Waals surface area contributed by atoms with E-state index in [9.17, 15) is 10.4 Å². The van der Waals surface area contributed by atoms with Gasteiger partial charge in [-0.1, -0.05) is 35.3 Å². The van der Waals surface area contributed by atoms with E-state index in [1.165, 1.54) is 14.6 Å². The lowest BCUT2D eigenvalue weighted by Gasteiger charge is -2.37. The monoisotopic (exact) mass is 475 g/mol. The van der Waals surface area contributed by atoms with Gasteiger partial charge in [-0.25, -0.2) is 4.98 Å². The zero-order valence-electron chi connectivity index (χ0n) is 19.0. The van der Waals surface area contributed by atoms with Gasteiger partial charge in [-0.15, -0.1) is 0 Å². The number of benzene rings is 1. The molecule has 2 rings (SSSR count). The van der Waals surface area contributed by atoms with E-state index in [-0.39, 0.29) is 10.9 Å². The molecule has 2 aromatic rings. The van der Waals surface area contributed by atoms with Crippen LogP contribution in [-0.4, -0.2) is 35.9 Å². The first-order chi connectivity index (χ1) is 14.9. The van der Waals surface area contributed by atoms with E-state index in [0.29, 0.717) is 34.2 Å². The molecule has 0 saturated carbocycles. The van der Waals surface area contributed by atoms with Crippen LogP contribution in [0.3, 0.4) is 0 Å². The molecule has 0 spiro atoms. The van der Waals surface area contributed by atoms with Gasteiger partial charge in [0.25, 0.3) is 0 Å². The summed E-state index contributed by atoms with van der Waals surface area (Å²) in [7, 11) is 3.00. The van der Waals surface area contributed by atoms with Crippen molar-refractivity contribution < 1.29 is 19.2 Å². The van der Waals surface area contributed by atoms with Gasteiger partial charge in [-0.2, -0.15) is 5.26 Å². The van der Waals surface area contributed by atoms with Crippen LogP contribution in [0.1, 0.15) is 44.5 Å². The van der Waals surface area contributed by atoms with E-state index in [1.807, 2.05) is 19.1 Å². The fourth-order valence-electron chi connectivity index (χ4n) is 2.54. The fraction of sp³-hybridized carbons (Fsp3) is 0.391. The molecule has 169 valence electrons. The number of hydrogen-bond donors (Lipinski definition) is 1. The summed E-state index contributed by atoms with van der Waals surface area (Å²) in [4.78, 5) is 4.39. The minimum Gasteiger partial charge on any atom is -0.480 e. The van der Waals surface area contributed by atoms with Gasteiger partial charge in [0.2, 0.25) is 5.88 Å². The number of ether oxygens (including phenoxy) is 2. The summed E-state index contributed by atoms with van der Waals surface area (Å²) in [5.41, 5.74) is -0.00471. The first-order valence-electron chi connectivity index (χ1n) is 9.89. The first kappa shape index (κ1) is 26.0. The Balaban J connectivity index is 2.30. The molecule has 1 N–H and O–H groups in total. The van der Waals surface area contributed by atoms with Gasteiger partial charge in [0.1, 0.15) is 10.8 Å². The van der Waals surface area contributed by atoms with Crippen molar-refractivity contribution in [1.29, 1.82) is 5.26 Å². The Labute approximate surface area is 200 Å². The van der Waals surface area contributed by atoms with Gasteiger partial charge in [-0.05, 0) is 59.2 Å². The maximum Gasteiger partial charge on any atom is 0.322 e. The Morgan fingerprint density at radius 2 is 1.91 bits per heavy atom. The Morgan fingerprint density at radius 1 is 1.22 bits per heavy atom. The fourth-order valence-corrected chi connectivity index (χ4v) is 3.04. The highest BCUT2D eigenvalue weighted by Crippen LogP contribution is 2.40. The summed E-state index contributed by atoms with van der Waals surface area (Å²) >= 11 is 12.6. The molecule has 0 unspecified atom stereocenters. The van der Waals surface area contributed by atoms with Crippen molar-refractivity contribution in [3.63, 3.8) is 0 Å². The Bertz CT molecular complexity index is 1040. The molecule has 1 radical (unpaired) electrons. The molecule has 0 aliphatic rings. The van der Waals surface area contributed by atoms with Crippen molar-refractivity contribution in [3.05, 3.63) is 57.1 Å². The highest BCUT2D eigenvalue weighted by molar-refractivity contribution is 6.34. The second kappa shape index (κ2) is 10.6. The molecule has 0 amide bonds. The predicted molar refractivity (Wildman–Crippen MR) is 127 cm³/mol. The predicted octanol–water partition coefficient (Wildman–Crippen LogP) is 5.61. The molecule has 0 atom stereocenters. The van der Waals surface area contributed by atoms with E-state index >= 15 is 0 Å². The van der Waals surface area contributed by atoms with Crippen LogP contribution >= 0.6 is 23.2 Å². The molecule has 9 heteroatoms. The number of pyridine rings is 1. The van der Waals surface area contributed by atoms with Crippen molar-refractivity contribution in [2.24, 2.45) is 0 Å². The molecule has 0 bridgehead atoms. The summed E-state index contributed by atoms with van der Waals surface area (Å²) < 4.78 is 17.0. The van der Waals surface area contributed by atoms with Crippen molar-refractivity contribution in [1.82, 2.24) is 4.98 Å². The summed E-state index contributed by atoms with van der Waals surface area (Å²) in [6.45, 7) is 8.82. The normalized spacial score (nSPS) is 12.0. The van der Waals surface area contributed by atoms with Gasteiger partial charge >= 0.3 is 7.48 Å². The maximum absolute atomic E-state index is 10.2. The third-order valence-electron chi connectivity index (χ3n) is 5.15. The highest BCUT2D eigenvalue weighted by atomic mass is 35.5. The molecule has 0 aliphatic carbocycles. The molecular weight excluding hydrogens is 450 g/mol. The lowest BCUT2D eigenvalue weighted by Crippen LogP contribution is -2.47. The van der Waals surface area contributed by atoms with Crippen LogP contribution in [0.5, 0.6) is 17.4 Å². The van der Waals surface area contributed by atoms with Crippen molar-refractivity contribution >= 4 is 30.7 Å². The first-order valence-corrected chi connectivity index (χ1v) is 10.6. The topological polar surface area (TPSA) is 84.6 Å². The standard InChI is InChI=1S/C23H26BCl2N2O4/c1-14-18(8-7-9-24-32-23(4,5)22(2,3)29)20(19(26)21(28-14)30-6)31-17-11-15(13-27)10-16(25)12-17/h7,9-12,29H,8H2,1-6H3. The van der Waals surface area contributed by atoms with Crippen LogP contribution in [0.25, 0.3) is 0 Å². The van der Waals surface area contributed by atoms with Gasteiger partial charge in [0.05, 0.1) is 29.9 Å². The number of aliphatic hydroxyl groups is 1. The summed E-state index contributed by atoms with van der Waals surface area (Å²) in [6, 6.07) is 6.76. The summed E-state index contributed by atoms with van der Waals surface area (Å²) in [6.07, 6.45) is 2.30. The van der Waals surface area contributed by atoms with Crippen LogP contribution in [-0.2, 0) is 11.1 Å². The summed E-state index contributed by atoms with van der Waals surface area (Å²) in [5.74, 6) is 2.71. The van der Waals surface area contributed by atoms with Gasteiger partial charge in [0, 0.05) is 16.3 Å². The average Bonchev–Trinajstić information content (AvgIpc) is 2.70.